The van der Waals surface area contributed by atoms with E-state index in [0.29, 0.717) is 17.6 Å². The molecule has 2 saturated heterocycles. The highest BCUT2D eigenvalue weighted by molar-refractivity contribution is 5.73. The Bertz CT molecular complexity index is 753. The lowest BCUT2D eigenvalue weighted by molar-refractivity contribution is -0.145. The van der Waals surface area contributed by atoms with E-state index in [4.69, 9.17) is 9.26 Å². The number of hydrogen-bond acceptors (Lipinski definition) is 6. The van der Waals surface area contributed by atoms with Gasteiger partial charge in [-0.05, 0) is 43.7 Å². The zero-order valence-corrected chi connectivity index (χ0v) is 15.1. The first kappa shape index (κ1) is 17.1. The molecule has 138 valence electrons. The predicted octanol–water partition coefficient (Wildman–Crippen LogP) is 2.48. The van der Waals surface area contributed by atoms with Gasteiger partial charge in [-0.2, -0.15) is 4.98 Å². The van der Waals surface area contributed by atoms with Crippen molar-refractivity contribution in [3.63, 3.8) is 0 Å². The SMILES string of the molecule is CC(=O)N1CCC2(CC1)CC(Cc1nc(-c3cccnc3)no1)CCO2. The molecule has 2 fully saturated rings. The van der Waals surface area contributed by atoms with Crippen LogP contribution in [0, 0.1) is 5.92 Å². The smallest absolute Gasteiger partial charge is 0.227 e. The lowest BCUT2D eigenvalue weighted by atomic mass is 9.78. The third-order valence-electron chi connectivity index (χ3n) is 5.57. The molecule has 0 bridgehead atoms. The molecule has 0 aromatic carbocycles. The van der Waals surface area contributed by atoms with Gasteiger partial charge in [-0.3, -0.25) is 9.78 Å². The molecule has 2 aromatic rings. The molecule has 1 amide bonds. The van der Waals surface area contributed by atoms with Crippen LogP contribution < -0.4 is 0 Å². The van der Waals surface area contributed by atoms with E-state index >= 15 is 0 Å². The molecule has 7 nitrogen and oxygen atoms in total. The van der Waals surface area contributed by atoms with Crippen molar-refractivity contribution in [3.05, 3.63) is 30.4 Å². The molecule has 0 saturated carbocycles. The van der Waals surface area contributed by atoms with E-state index in [1.54, 1.807) is 19.3 Å². The highest BCUT2D eigenvalue weighted by Gasteiger charge is 2.41. The van der Waals surface area contributed by atoms with Crippen LogP contribution in [-0.2, 0) is 16.0 Å². The number of likely N-dealkylation sites (tertiary alicyclic amines) is 1. The minimum Gasteiger partial charge on any atom is -0.375 e. The topological polar surface area (TPSA) is 81.4 Å². The van der Waals surface area contributed by atoms with E-state index in [0.717, 1.165) is 57.4 Å². The van der Waals surface area contributed by atoms with Gasteiger partial charge in [0.15, 0.2) is 0 Å². The number of amides is 1. The average Bonchev–Trinajstić information content (AvgIpc) is 3.11. The van der Waals surface area contributed by atoms with Crippen molar-refractivity contribution in [1.82, 2.24) is 20.0 Å². The number of nitrogens with zero attached hydrogens (tertiary/aromatic N) is 4. The zero-order chi connectivity index (χ0) is 18.0. The summed E-state index contributed by atoms with van der Waals surface area (Å²) in [7, 11) is 0. The molecule has 4 rings (SSSR count). The summed E-state index contributed by atoms with van der Waals surface area (Å²) in [6, 6.07) is 3.79. The quantitative estimate of drug-likeness (QED) is 0.840. The molecule has 4 heterocycles. The normalized spacial score (nSPS) is 22.5. The van der Waals surface area contributed by atoms with Gasteiger partial charge < -0.3 is 14.2 Å². The number of carbonyl (C=O) groups excluding carboxylic acids is 1. The summed E-state index contributed by atoms with van der Waals surface area (Å²) in [4.78, 5) is 22.1. The van der Waals surface area contributed by atoms with Crippen LogP contribution in [0.4, 0.5) is 0 Å². The van der Waals surface area contributed by atoms with Crippen molar-refractivity contribution >= 4 is 5.91 Å². The second kappa shape index (κ2) is 7.15. The van der Waals surface area contributed by atoms with Crippen molar-refractivity contribution in [2.75, 3.05) is 19.7 Å². The summed E-state index contributed by atoms with van der Waals surface area (Å²) in [5.74, 6) is 1.88. The molecule has 0 aliphatic carbocycles. The van der Waals surface area contributed by atoms with Crippen molar-refractivity contribution < 1.29 is 14.1 Å². The minimum absolute atomic E-state index is 0.0962. The maximum atomic E-state index is 11.5. The van der Waals surface area contributed by atoms with Crippen LogP contribution in [0.1, 0.15) is 38.5 Å². The number of aromatic nitrogens is 3. The molecule has 2 aliphatic heterocycles. The van der Waals surface area contributed by atoms with Crippen LogP contribution >= 0.6 is 0 Å². The fourth-order valence-corrected chi connectivity index (χ4v) is 4.08. The molecule has 1 atom stereocenters. The number of piperidine rings is 1. The lowest BCUT2D eigenvalue weighted by Gasteiger charge is -2.46. The van der Waals surface area contributed by atoms with Crippen molar-refractivity contribution in [3.8, 4) is 11.4 Å². The molecule has 0 N–H and O–H groups in total. The van der Waals surface area contributed by atoms with E-state index in [9.17, 15) is 4.79 Å². The second-order valence-corrected chi connectivity index (χ2v) is 7.35. The van der Waals surface area contributed by atoms with E-state index in [-0.39, 0.29) is 11.5 Å². The van der Waals surface area contributed by atoms with E-state index in [2.05, 4.69) is 15.1 Å². The Morgan fingerprint density at radius 2 is 2.23 bits per heavy atom. The first-order chi connectivity index (χ1) is 12.6. The van der Waals surface area contributed by atoms with Gasteiger partial charge in [-0.1, -0.05) is 5.16 Å². The molecular weight excluding hydrogens is 332 g/mol. The summed E-state index contributed by atoms with van der Waals surface area (Å²) >= 11 is 0. The van der Waals surface area contributed by atoms with Crippen LogP contribution in [0.25, 0.3) is 11.4 Å². The van der Waals surface area contributed by atoms with Gasteiger partial charge in [-0.15, -0.1) is 0 Å². The summed E-state index contributed by atoms with van der Waals surface area (Å²) in [6.07, 6.45) is 8.05. The lowest BCUT2D eigenvalue weighted by Crippen LogP contribution is -2.50. The number of pyridine rings is 1. The number of carbonyl (C=O) groups is 1. The second-order valence-electron chi connectivity index (χ2n) is 7.35. The van der Waals surface area contributed by atoms with Gasteiger partial charge in [0, 0.05) is 51.0 Å². The maximum Gasteiger partial charge on any atom is 0.227 e. The van der Waals surface area contributed by atoms with Gasteiger partial charge in [0.2, 0.25) is 17.6 Å². The average molecular weight is 356 g/mol. The van der Waals surface area contributed by atoms with Gasteiger partial charge in [0.25, 0.3) is 0 Å². The summed E-state index contributed by atoms with van der Waals surface area (Å²) in [6.45, 7) is 3.97. The Morgan fingerprint density at radius 3 is 2.96 bits per heavy atom. The fourth-order valence-electron chi connectivity index (χ4n) is 4.08. The summed E-state index contributed by atoms with van der Waals surface area (Å²) in [5.41, 5.74) is 0.767. The van der Waals surface area contributed by atoms with Gasteiger partial charge in [0.05, 0.1) is 5.60 Å². The van der Waals surface area contributed by atoms with Gasteiger partial charge >= 0.3 is 0 Å². The predicted molar refractivity (Wildman–Crippen MR) is 94.1 cm³/mol. The molecule has 7 heteroatoms. The Balaban J connectivity index is 1.39. The molecule has 2 aliphatic rings. The van der Waals surface area contributed by atoms with Crippen molar-refractivity contribution in [2.45, 2.75) is 44.6 Å². The number of rotatable bonds is 3. The van der Waals surface area contributed by atoms with Crippen LogP contribution in [0.2, 0.25) is 0 Å². The van der Waals surface area contributed by atoms with E-state index in [1.807, 2.05) is 17.0 Å². The van der Waals surface area contributed by atoms with Crippen LogP contribution in [-0.4, -0.2) is 51.2 Å². The maximum absolute atomic E-state index is 11.5. The highest BCUT2D eigenvalue weighted by atomic mass is 16.5. The summed E-state index contributed by atoms with van der Waals surface area (Å²) < 4.78 is 11.6. The van der Waals surface area contributed by atoms with E-state index in [1.165, 1.54) is 0 Å². The Kier molecular flexibility index (Phi) is 4.72. The van der Waals surface area contributed by atoms with Crippen LogP contribution in [0.5, 0.6) is 0 Å². The highest BCUT2D eigenvalue weighted by Crippen LogP contribution is 2.38. The first-order valence-electron chi connectivity index (χ1n) is 9.26. The Labute approximate surface area is 152 Å². The summed E-state index contributed by atoms with van der Waals surface area (Å²) in [5, 5.41) is 4.08. The number of ether oxygens (including phenoxy) is 1. The first-order valence-corrected chi connectivity index (χ1v) is 9.26. The van der Waals surface area contributed by atoms with Crippen LogP contribution in [0.15, 0.2) is 29.0 Å². The standard InChI is InChI=1S/C19H24N4O3/c1-14(24)23-8-5-19(6-9-23)12-15(4-10-25-19)11-17-21-18(22-26-17)16-3-2-7-20-13-16/h2-3,7,13,15H,4-6,8-12H2,1H3. The van der Waals surface area contributed by atoms with Crippen LogP contribution in [0.3, 0.4) is 0 Å². The molecule has 1 spiro atoms. The largest absolute Gasteiger partial charge is 0.375 e. The number of hydrogen-bond donors (Lipinski definition) is 0. The molecule has 26 heavy (non-hydrogen) atoms. The van der Waals surface area contributed by atoms with Crippen molar-refractivity contribution in [2.24, 2.45) is 5.92 Å². The van der Waals surface area contributed by atoms with E-state index < -0.39 is 0 Å². The van der Waals surface area contributed by atoms with Gasteiger partial charge in [0.1, 0.15) is 0 Å². The molecular formula is C19H24N4O3. The third-order valence-corrected chi connectivity index (χ3v) is 5.57. The Morgan fingerprint density at radius 1 is 1.38 bits per heavy atom. The monoisotopic (exact) mass is 356 g/mol. The third kappa shape index (κ3) is 3.62. The van der Waals surface area contributed by atoms with Gasteiger partial charge in [-0.25, -0.2) is 0 Å². The molecule has 2 aromatic heterocycles. The molecule has 0 radical (unpaired) electrons. The fraction of sp³-hybridized carbons (Fsp3) is 0.579. The van der Waals surface area contributed by atoms with Crippen molar-refractivity contribution in [1.29, 1.82) is 0 Å². The zero-order valence-electron chi connectivity index (χ0n) is 15.1. The molecule has 1 unspecified atom stereocenters. The minimum atomic E-state index is -0.0962. The Hall–Kier alpha value is -2.28.